The van der Waals surface area contributed by atoms with E-state index in [-0.39, 0.29) is 12.8 Å². The van der Waals surface area contributed by atoms with E-state index in [2.05, 4.69) is 37.8 Å². The molecule has 0 bridgehead atoms. The van der Waals surface area contributed by atoms with Gasteiger partial charge in [0.2, 0.25) is 0 Å². The number of hydrogen-bond acceptors (Lipinski definition) is 12. The Hall–Kier alpha value is -1.93. The van der Waals surface area contributed by atoms with E-state index >= 15 is 0 Å². The van der Waals surface area contributed by atoms with Crippen LogP contribution in [0, 0.1) is 0 Å². The van der Waals surface area contributed by atoms with Crippen LogP contribution in [0.1, 0.15) is 193 Å². The summed E-state index contributed by atoms with van der Waals surface area (Å²) >= 11 is 0. The number of unbranched alkanes of at least 4 members (excludes halogenated alkanes) is 23. The highest BCUT2D eigenvalue weighted by Crippen LogP contribution is 2.47. The molecule has 13 nitrogen and oxygen atoms in total. The Morgan fingerprint density at radius 1 is 0.557 bits per heavy atom. The molecule has 0 aromatic heterocycles. The normalized spacial score (nSPS) is 22.1. The molecule has 61 heavy (non-hydrogen) atoms. The van der Waals surface area contributed by atoms with Crippen molar-refractivity contribution in [1.82, 2.24) is 0 Å². The summed E-state index contributed by atoms with van der Waals surface area (Å²) in [6.07, 6.45) is 28.0. The minimum absolute atomic E-state index is 0.0879. The summed E-state index contributed by atoms with van der Waals surface area (Å²) in [5, 5.41) is 50.2. The second-order valence-electron chi connectivity index (χ2n) is 16.7. The molecule has 6 N–H and O–H groups in total. The molecule has 0 aliphatic heterocycles. The van der Waals surface area contributed by atoms with Crippen LogP contribution in [0.25, 0.3) is 0 Å². The quantitative estimate of drug-likeness (QED) is 0.0147. The smallest absolute Gasteiger partial charge is 0.462 e. The van der Waals surface area contributed by atoms with Gasteiger partial charge < -0.3 is 39.9 Å². The number of esters is 2. The number of carbonyl (C=O) groups excluding carboxylic acids is 2. The largest absolute Gasteiger partial charge is 0.472 e. The highest BCUT2D eigenvalue weighted by atomic mass is 31.2. The summed E-state index contributed by atoms with van der Waals surface area (Å²) in [6.45, 7) is 4.80. The Balaban J connectivity index is 2.44. The van der Waals surface area contributed by atoms with Crippen molar-refractivity contribution in [2.75, 3.05) is 13.2 Å². The van der Waals surface area contributed by atoms with Crippen molar-refractivity contribution in [2.24, 2.45) is 0 Å². The molecular formula is C47H85O13P. The average Bonchev–Trinajstić information content (AvgIpc) is 3.24. The van der Waals surface area contributed by atoms with E-state index in [0.717, 1.165) is 83.5 Å². The van der Waals surface area contributed by atoms with Gasteiger partial charge in [-0.25, -0.2) is 4.57 Å². The van der Waals surface area contributed by atoms with E-state index in [4.69, 9.17) is 18.5 Å². The first-order chi connectivity index (χ1) is 29.4. The van der Waals surface area contributed by atoms with Crippen LogP contribution >= 0.6 is 7.82 Å². The van der Waals surface area contributed by atoms with E-state index in [0.29, 0.717) is 12.8 Å². The number of rotatable bonds is 40. The van der Waals surface area contributed by atoms with Crippen LogP contribution in [0.2, 0.25) is 0 Å². The van der Waals surface area contributed by atoms with Crippen LogP contribution < -0.4 is 0 Å². The highest BCUT2D eigenvalue weighted by Gasteiger charge is 2.51. The van der Waals surface area contributed by atoms with Gasteiger partial charge in [-0.1, -0.05) is 153 Å². The van der Waals surface area contributed by atoms with Gasteiger partial charge in [-0.2, -0.15) is 0 Å². The lowest BCUT2D eigenvalue weighted by atomic mass is 9.85. The van der Waals surface area contributed by atoms with Gasteiger partial charge >= 0.3 is 19.8 Å². The molecule has 0 heterocycles. The van der Waals surface area contributed by atoms with Crippen LogP contribution in [0.4, 0.5) is 0 Å². The minimum Gasteiger partial charge on any atom is -0.462 e. The van der Waals surface area contributed by atoms with Gasteiger partial charge in [-0.3, -0.25) is 18.6 Å². The van der Waals surface area contributed by atoms with E-state index < -0.39 is 75.7 Å². The topological polar surface area (TPSA) is 210 Å². The first-order valence-corrected chi connectivity index (χ1v) is 25.2. The molecule has 0 aromatic carbocycles. The maximum absolute atomic E-state index is 12.8. The first kappa shape index (κ1) is 57.1. The number of ether oxygens (including phenoxy) is 2. The molecule has 0 amide bonds. The Morgan fingerprint density at radius 2 is 0.967 bits per heavy atom. The molecule has 1 aliphatic rings. The number of aliphatic hydroxyl groups excluding tert-OH is 5. The monoisotopic (exact) mass is 889 g/mol. The third-order valence-corrected chi connectivity index (χ3v) is 12.1. The average molecular weight is 889 g/mol. The summed E-state index contributed by atoms with van der Waals surface area (Å²) in [4.78, 5) is 35.7. The lowest BCUT2D eigenvalue weighted by Crippen LogP contribution is -2.64. The third-order valence-electron chi connectivity index (χ3n) is 11.1. The molecule has 6 unspecified atom stereocenters. The number of carbonyl (C=O) groups is 2. The van der Waals surface area contributed by atoms with Crippen molar-refractivity contribution in [1.29, 1.82) is 0 Å². The van der Waals surface area contributed by atoms with Gasteiger partial charge in [0.05, 0.1) is 6.61 Å². The molecule has 14 heteroatoms. The third kappa shape index (κ3) is 30.0. The zero-order chi connectivity index (χ0) is 45.0. The number of allylic oxidation sites excluding steroid dienone is 5. The van der Waals surface area contributed by atoms with Crippen molar-refractivity contribution in [3.8, 4) is 0 Å². The molecule has 0 saturated heterocycles. The van der Waals surface area contributed by atoms with Crippen LogP contribution in [-0.2, 0) is 32.7 Å². The number of hydrogen-bond donors (Lipinski definition) is 6. The predicted molar refractivity (Wildman–Crippen MR) is 240 cm³/mol. The number of phosphoric ester groups is 1. The van der Waals surface area contributed by atoms with Crippen LogP contribution in [0.5, 0.6) is 0 Å². The molecular weight excluding hydrogens is 803 g/mol. The minimum atomic E-state index is -5.12. The van der Waals surface area contributed by atoms with E-state index in [1.807, 2.05) is 6.08 Å². The summed E-state index contributed by atoms with van der Waals surface area (Å²) in [7, 11) is -5.12. The van der Waals surface area contributed by atoms with E-state index in [9.17, 15) is 44.6 Å². The molecule has 8 atom stereocenters. The summed E-state index contributed by atoms with van der Waals surface area (Å²) < 4.78 is 33.5. The molecule has 0 aromatic rings. The first-order valence-electron chi connectivity index (χ1n) is 23.8. The van der Waals surface area contributed by atoms with Crippen LogP contribution in [0.3, 0.4) is 0 Å². The Kier molecular flexibility index (Phi) is 35.0. The van der Waals surface area contributed by atoms with Gasteiger partial charge in [-0.15, -0.1) is 6.58 Å². The van der Waals surface area contributed by atoms with Crippen LogP contribution in [0.15, 0.2) is 37.0 Å². The summed E-state index contributed by atoms with van der Waals surface area (Å²) in [5.74, 6) is -1.11. The van der Waals surface area contributed by atoms with Gasteiger partial charge in [0.15, 0.2) is 6.10 Å². The fraction of sp³-hybridized carbons (Fsp3) is 0.830. The Bertz CT molecular complexity index is 1200. The standard InChI is InChI=1S/C47H85O13P/c1-3-5-7-9-11-13-15-17-19-20-22-24-26-28-30-32-34-36-41(49)59-39(38-58-61(55,56)60-47-45(53)43(51)42(50)44(52)46(47)54)37-57-40(48)35-33-31-29-27-25-23-21-18-16-14-12-10-8-6-4-2/h4,11,13,17,19,39,42-47,50-54H,2-3,5-10,12,14-16,18,20-38H2,1H3,(H,55,56)/b13-11+,19-17+/t39-,42?,43+,44?,45?,46?,47?/m1/s1. The fourth-order valence-electron chi connectivity index (χ4n) is 7.24. The SMILES string of the molecule is C=CCCCCCCCCCCCCCCCC(=O)OC[C@H](COP(=O)(O)OC1C(O)C(O)C(O)[C@H](O)C1O)OC(=O)CCCCCCCCC/C=C/C/C=C/CCCCC. The highest BCUT2D eigenvalue weighted by molar-refractivity contribution is 7.47. The van der Waals surface area contributed by atoms with Crippen molar-refractivity contribution < 1.29 is 63.1 Å². The zero-order valence-electron chi connectivity index (χ0n) is 37.5. The molecule has 0 spiro atoms. The van der Waals surface area contributed by atoms with Crippen LogP contribution in [-0.4, -0.2) is 98.3 Å². The van der Waals surface area contributed by atoms with Crippen molar-refractivity contribution >= 4 is 19.8 Å². The van der Waals surface area contributed by atoms with E-state index in [1.54, 1.807) is 0 Å². The molecule has 0 radical (unpaired) electrons. The van der Waals surface area contributed by atoms with Crippen molar-refractivity contribution in [3.05, 3.63) is 37.0 Å². The Morgan fingerprint density at radius 3 is 1.44 bits per heavy atom. The molecule has 1 saturated carbocycles. The Labute approximate surface area is 368 Å². The summed E-state index contributed by atoms with van der Waals surface area (Å²) in [6, 6.07) is 0. The van der Waals surface area contributed by atoms with Gasteiger partial charge in [0.1, 0.15) is 43.2 Å². The second kappa shape index (κ2) is 37.4. The van der Waals surface area contributed by atoms with Gasteiger partial charge in [0, 0.05) is 12.8 Å². The predicted octanol–water partition coefficient (Wildman–Crippen LogP) is 9.39. The molecule has 1 fully saturated rings. The molecule has 356 valence electrons. The van der Waals surface area contributed by atoms with Gasteiger partial charge in [0.25, 0.3) is 0 Å². The lowest BCUT2D eigenvalue weighted by Gasteiger charge is -2.41. The fourth-order valence-corrected chi connectivity index (χ4v) is 8.21. The maximum atomic E-state index is 12.8. The number of phosphoric acid groups is 1. The van der Waals surface area contributed by atoms with Crippen molar-refractivity contribution in [3.63, 3.8) is 0 Å². The zero-order valence-corrected chi connectivity index (χ0v) is 38.4. The van der Waals surface area contributed by atoms with Gasteiger partial charge in [-0.05, 0) is 57.8 Å². The second-order valence-corrected chi connectivity index (χ2v) is 18.1. The molecule has 1 aliphatic carbocycles. The van der Waals surface area contributed by atoms with E-state index in [1.165, 1.54) is 77.0 Å². The summed E-state index contributed by atoms with van der Waals surface area (Å²) in [5.41, 5.74) is 0. The van der Waals surface area contributed by atoms with Crippen molar-refractivity contribution in [2.45, 2.75) is 236 Å². The lowest BCUT2D eigenvalue weighted by molar-refractivity contribution is -0.220. The maximum Gasteiger partial charge on any atom is 0.472 e. The number of aliphatic hydroxyl groups is 5. The molecule has 1 rings (SSSR count).